The average Bonchev–Trinajstić information content (AvgIpc) is 3.07. The molecular weight excluding hydrogens is 440 g/mol. The van der Waals surface area contributed by atoms with Gasteiger partial charge in [0.1, 0.15) is 4.88 Å². The van der Waals surface area contributed by atoms with Gasteiger partial charge in [0.2, 0.25) is 0 Å². The fourth-order valence-electron chi connectivity index (χ4n) is 2.91. The Balaban J connectivity index is 1.66. The van der Waals surface area contributed by atoms with Crippen molar-refractivity contribution in [3.8, 4) is 0 Å². The minimum Gasteiger partial charge on any atom is -0.352 e. The number of hydrogen-bond acceptors (Lipinski definition) is 6. The summed E-state index contributed by atoms with van der Waals surface area (Å²) in [5.41, 5.74) is 0.941. The highest BCUT2D eigenvalue weighted by atomic mass is 35.5. The van der Waals surface area contributed by atoms with E-state index in [1.54, 1.807) is 24.3 Å². The number of benzene rings is 2. The van der Waals surface area contributed by atoms with Crippen molar-refractivity contribution in [2.45, 2.75) is 6.42 Å². The van der Waals surface area contributed by atoms with Gasteiger partial charge in [0, 0.05) is 40.0 Å². The van der Waals surface area contributed by atoms with E-state index in [1.165, 1.54) is 18.2 Å². The van der Waals surface area contributed by atoms with E-state index in [1.807, 2.05) is 19.0 Å². The van der Waals surface area contributed by atoms with Crippen LogP contribution in [0.4, 0.5) is 11.4 Å². The third-order valence-electron chi connectivity index (χ3n) is 4.50. The summed E-state index contributed by atoms with van der Waals surface area (Å²) >= 11 is 7.41. The summed E-state index contributed by atoms with van der Waals surface area (Å²) in [6, 6.07) is 10.8. The van der Waals surface area contributed by atoms with Crippen LogP contribution in [0, 0.1) is 10.1 Å². The summed E-state index contributed by atoms with van der Waals surface area (Å²) in [4.78, 5) is 37.6. The van der Waals surface area contributed by atoms with Gasteiger partial charge in [-0.2, -0.15) is 0 Å². The Kier molecular flexibility index (Phi) is 7.21. The zero-order valence-corrected chi connectivity index (χ0v) is 18.5. The van der Waals surface area contributed by atoms with Crippen molar-refractivity contribution in [2.75, 3.05) is 32.5 Å². The lowest BCUT2D eigenvalue weighted by Gasteiger charge is -2.10. The van der Waals surface area contributed by atoms with E-state index in [-0.39, 0.29) is 21.5 Å². The number of anilines is 1. The van der Waals surface area contributed by atoms with Gasteiger partial charge in [0.15, 0.2) is 0 Å². The maximum atomic E-state index is 12.7. The molecule has 8 nitrogen and oxygen atoms in total. The number of carbonyl (C=O) groups excluding carboxylic acids is 2. The lowest BCUT2D eigenvalue weighted by Crippen LogP contribution is -2.27. The summed E-state index contributed by atoms with van der Waals surface area (Å²) in [6.07, 6.45) is 0.853. The highest BCUT2D eigenvalue weighted by Gasteiger charge is 2.19. The first-order valence-electron chi connectivity index (χ1n) is 9.47. The van der Waals surface area contributed by atoms with Crippen LogP contribution in [0.5, 0.6) is 0 Å². The number of non-ortho nitro benzene ring substituents is 1. The molecule has 3 aromatic rings. The van der Waals surface area contributed by atoms with Crippen LogP contribution in [-0.4, -0.2) is 48.8 Å². The number of nitrogens with zero attached hydrogens (tertiary/aromatic N) is 2. The number of halogens is 1. The van der Waals surface area contributed by atoms with Crippen molar-refractivity contribution in [1.29, 1.82) is 0 Å². The molecule has 0 aliphatic rings. The second kappa shape index (κ2) is 9.86. The highest BCUT2D eigenvalue weighted by molar-refractivity contribution is 7.21. The predicted molar refractivity (Wildman–Crippen MR) is 123 cm³/mol. The number of rotatable bonds is 8. The number of carbonyl (C=O) groups is 2. The van der Waals surface area contributed by atoms with Gasteiger partial charge in [-0.15, -0.1) is 11.3 Å². The van der Waals surface area contributed by atoms with E-state index in [2.05, 4.69) is 10.6 Å². The van der Waals surface area contributed by atoms with Gasteiger partial charge in [-0.1, -0.05) is 11.6 Å². The third kappa shape index (κ3) is 5.57. The topological polar surface area (TPSA) is 105 Å². The molecule has 2 N–H and O–H groups in total. The second-order valence-corrected chi connectivity index (χ2v) is 8.56. The first-order chi connectivity index (χ1) is 14.8. The Labute approximate surface area is 188 Å². The van der Waals surface area contributed by atoms with E-state index in [9.17, 15) is 19.7 Å². The molecule has 0 atom stereocenters. The van der Waals surface area contributed by atoms with Gasteiger partial charge in [0.25, 0.3) is 17.5 Å². The summed E-state index contributed by atoms with van der Waals surface area (Å²) in [6.45, 7) is 1.47. The summed E-state index contributed by atoms with van der Waals surface area (Å²) < 4.78 is 0.561. The largest absolute Gasteiger partial charge is 0.352 e. The van der Waals surface area contributed by atoms with E-state index >= 15 is 0 Å². The van der Waals surface area contributed by atoms with Crippen molar-refractivity contribution < 1.29 is 14.5 Å². The fraction of sp³-hybridized carbons (Fsp3) is 0.238. The van der Waals surface area contributed by atoms with Crippen LogP contribution in [0.15, 0.2) is 42.5 Å². The number of hydrogen-bond donors (Lipinski definition) is 2. The van der Waals surface area contributed by atoms with Crippen LogP contribution in [0.2, 0.25) is 5.02 Å². The molecule has 0 fully saturated rings. The minimum absolute atomic E-state index is 0.0621. The molecule has 2 aromatic carbocycles. The molecule has 0 bridgehead atoms. The number of fused-ring (bicyclic) bond motifs is 1. The van der Waals surface area contributed by atoms with Crippen molar-refractivity contribution in [2.24, 2.45) is 0 Å². The third-order valence-corrected chi connectivity index (χ3v) is 6.16. The van der Waals surface area contributed by atoms with Gasteiger partial charge in [-0.25, -0.2) is 0 Å². The monoisotopic (exact) mass is 460 g/mol. The number of nitro groups is 1. The van der Waals surface area contributed by atoms with Crippen LogP contribution >= 0.6 is 22.9 Å². The molecule has 10 heteroatoms. The average molecular weight is 461 g/mol. The zero-order valence-electron chi connectivity index (χ0n) is 17.0. The maximum Gasteiger partial charge on any atom is 0.270 e. The summed E-state index contributed by atoms with van der Waals surface area (Å²) in [5, 5.41) is 17.4. The molecule has 2 amide bonds. The Bertz CT molecular complexity index is 1130. The molecule has 0 spiro atoms. The van der Waals surface area contributed by atoms with E-state index in [0.717, 1.165) is 24.3 Å². The molecule has 0 radical (unpaired) electrons. The van der Waals surface area contributed by atoms with Crippen LogP contribution in [0.3, 0.4) is 0 Å². The lowest BCUT2D eigenvalue weighted by atomic mass is 10.2. The van der Waals surface area contributed by atoms with Gasteiger partial charge in [0.05, 0.1) is 9.95 Å². The number of amides is 2. The highest BCUT2D eigenvalue weighted by Crippen LogP contribution is 2.37. The Hall–Kier alpha value is -3.01. The van der Waals surface area contributed by atoms with Crippen LogP contribution in [0.1, 0.15) is 26.5 Å². The SMILES string of the molecule is CN(C)CCCNC(=O)c1ccc(NC(=O)c2sc3cc([N+](=O)[O-])ccc3c2Cl)cc1. The summed E-state index contributed by atoms with van der Waals surface area (Å²) in [7, 11) is 3.95. The number of nitro benzene ring substituents is 1. The Morgan fingerprint density at radius 3 is 2.48 bits per heavy atom. The van der Waals surface area contributed by atoms with Gasteiger partial charge < -0.3 is 15.5 Å². The van der Waals surface area contributed by atoms with Crippen molar-refractivity contribution in [3.63, 3.8) is 0 Å². The molecule has 0 unspecified atom stereocenters. The Morgan fingerprint density at radius 1 is 1.13 bits per heavy atom. The predicted octanol–water partition coefficient (Wildman–Crippen LogP) is 4.40. The second-order valence-electron chi connectivity index (χ2n) is 7.13. The van der Waals surface area contributed by atoms with E-state index in [4.69, 9.17) is 11.6 Å². The zero-order chi connectivity index (χ0) is 22.5. The van der Waals surface area contributed by atoms with Gasteiger partial charge in [-0.3, -0.25) is 19.7 Å². The first-order valence-corrected chi connectivity index (χ1v) is 10.7. The normalized spacial score (nSPS) is 11.0. The molecule has 0 saturated carbocycles. The van der Waals surface area contributed by atoms with Crippen molar-refractivity contribution in [1.82, 2.24) is 10.2 Å². The molecular formula is C21H21ClN4O4S. The first kappa shape index (κ1) is 22.7. The van der Waals surface area contributed by atoms with Crippen molar-refractivity contribution >= 4 is 56.2 Å². The molecule has 1 heterocycles. The maximum absolute atomic E-state index is 12.7. The molecule has 31 heavy (non-hydrogen) atoms. The van der Waals surface area contributed by atoms with Crippen LogP contribution in [0.25, 0.3) is 10.1 Å². The van der Waals surface area contributed by atoms with E-state index < -0.39 is 10.8 Å². The number of nitrogens with one attached hydrogen (secondary N) is 2. The fourth-order valence-corrected chi connectivity index (χ4v) is 4.35. The molecule has 0 aliphatic heterocycles. The number of thiophene rings is 1. The molecule has 3 rings (SSSR count). The quantitative estimate of drug-likeness (QED) is 0.294. The lowest BCUT2D eigenvalue weighted by molar-refractivity contribution is -0.384. The standard InChI is InChI=1S/C21H21ClN4O4S/c1-25(2)11-3-10-23-20(27)13-4-6-14(7-5-13)24-21(28)19-18(22)16-9-8-15(26(29)30)12-17(16)31-19/h4-9,12H,3,10-11H2,1-2H3,(H,23,27)(H,24,28). The minimum atomic E-state index is -0.493. The molecule has 1 aromatic heterocycles. The molecule has 0 saturated heterocycles. The van der Waals surface area contributed by atoms with Gasteiger partial charge in [-0.05, 0) is 57.4 Å². The van der Waals surface area contributed by atoms with Crippen molar-refractivity contribution in [3.05, 3.63) is 68.0 Å². The smallest absolute Gasteiger partial charge is 0.270 e. The van der Waals surface area contributed by atoms with Gasteiger partial charge >= 0.3 is 0 Å². The molecule has 162 valence electrons. The van der Waals surface area contributed by atoms with E-state index in [0.29, 0.717) is 27.9 Å². The summed E-state index contributed by atoms with van der Waals surface area (Å²) in [5.74, 6) is -0.597. The van der Waals surface area contributed by atoms with Crippen LogP contribution in [-0.2, 0) is 0 Å². The molecule has 0 aliphatic carbocycles. The Morgan fingerprint density at radius 2 is 1.84 bits per heavy atom. The van der Waals surface area contributed by atoms with Crippen LogP contribution < -0.4 is 10.6 Å².